The van der Waals surface area contributed by atoms with Crippen molar-refractivity contribution in [1.29, 1.82) is 0 Å². The van der Waals surface area contributed by atoms with E-state index in [1.165, 1.54) is 48.2 Å². The zero-order chi connectivity index (χ0) is 40.6. The molecule has 0 bridgehead atoms. The van der Waals surface area contributed by atoms with Crippen molar-refractivity contribution in [1.82, 2.24) is 15.5 Å². The lowest BCUT2D eigenvalue weighted by Gasteiger charge is -2.25. The number of carboxylic acids is 2. The third-order valence-corrected chi connectivity index (χ3v) is 8.52. The Kier molecular flexibility index (Phi) is 12.9. The Morgan fingerprint density at radius 2 is 1.40 bits per heavy atom. The third kappa shape index (κ3) is 11.3. The highest BCUT2D eigenvalue weighted by atomic mass is 16.6. The van der Waals surface area contributed by atoms with Crippen LogP contribution in [-0.2, 0) is 43.4 Å². The quantitative estimate of drug-likeness (QED) is 0.0894. The molecule has 18 heteroatoms. The molecule has 3 amide bonds. The number of nitrogens with one attached hydrogen (secondary N) is 4. The summed E-state index contributed by atoms with van der Waals surface area (Å²) in [5, 5.41) is 53.1. The number of benzene rings is 3. The van der Waals surface area contributed by atoms with Crippen molar-refractivity contribution < 1.29 is 44.0 Å². The Balaban J connectivity index is 1.53. The van der Waals surface area contributed by atoms with Crippen LogP contribution in [0, 0.1) is 25.6 Å². The number of nitro groups is 2. The topological polar surface area (TPSA) is 263 Å². The fourth-order valence-electron chi connectivity index (χ4n) is 6.06. The largest absolute Gasteiger partial charge is 0.480 e. The van der Waals surface area contributed by atoms with E-state index in [4.69, 9.17) is 0 Å². The predicted octanol–water partition coefficient (Wildman–Crippen LogP) is 3.96. The molecular weight excluding hydrogens is 718 g/mol. The van der Waals surface area contributed by atoms with Gasteiger partial charge in [0.1, 0.15) is 18.1 Å². The normalized spacial score (nSPS) is 14.9. The summed E-state index contributed by atoms with van der Waals surface area (Å²) < 4.78 is 0. The molecule has 290 valence electrons. The molecular formula is C37H41N7O11. The Morgan fingerprint density at radius 1 is 0.855 bits per heavy atom. The summed E-state index contributed by atoms with van der Waals surface area (Å²) in [4.78, 5) is 86.0. The van der Waals surface area contributed by atoms with Gasteiger partial charge in [0, 0.05) is 56.2 Å². The molecule has 0 aliphatic carbocycles. The van der Waals surface area contributed by atoms with Crippen LogP contribution < -0.4 is 21.3 Å². The van der Waals surface area contributed by atoms with Gasteiger partial charge in [-0.15, -0.1) is 0 Å². The molecule has 0 saturated carbocycles. The van der Waals surface area contributed by atoms with Crippen LogP contribution in [-0.4, -0.2) is 66.7 Å². The number of aliphatic carboxylic acids is 2. The van der Waals surface area contributed by atoms with Crippen LogP contribution >= 0.6 is 0 Å². The maximum absolute atomic E-state index is 13.8. The Labute approximate surface area is 314 Å². The number of rotatable bonds is 16. The summed E-state index contributed by atoms with van der Waals surface area (Å²) >= 11 is 0. The number of carboxylic acid groups (broad SMARTS) is 2. The maximum Gasteiger partial charge on any atom is 0.326 e. The molecule has 0 aromatic heterocycles. The van der Waals surface area contributed by atoms with Gasteiger partial charge < -0.3 is 36.4 Å². The zero-order valence-electron chi connectivity index (χ0n) is 30.4. The molecule has 0 fully saturated rings. The number of fused-ring (bicyclic) bond motifs is 1. The van der Waals surface area contributed by atoms with Gasteiger partial charge in [-0.1, -0.05) is 51.1 Å². The molecule has 1 aliphatic rings. The van der Waals surface area contributed by atoms with Crippen LogP contribution in [0.25, 0.3) is 0 Å². The summed E-state index contributed by atoms with van der Waals surface area (Å²) in [6.07, 6.45) is 0.359. The molecule has 0 radical (unpaired) electrons. The van der Waals surface area contributed by atoms with Gasteiger partial charge in [-0.25, -0.2) is 9.59 Å². The van der Waals surface area contributed by atoms with Crippen LogP contribution in [0.5, 0.6) is 0 Å². The molecule has 3 unspecified atom stereocenters. The van der Waals surface area contributed by atoms with Crippen molar-refractivity contribution in [3.05, 3.63) is 121 Å². The van der Waals surface area contributed by atoms with Gasteiger partial charge in [-0.05, 0) is 51.9 Å². The van der Waals surface area contributed by atoms with Crippen molar-refractivity contribution in [2.24, 2.45) is 5.41 Å². The highest BCUT2D eigenvalue weighted by molar-refractivity contribution is 5.92. The van der Waals surface area contributed by atoms with E-state index in [9.17, 15) is 54.4 Å². The number of non-ortho nitro benzene ring substituents is 1. The lowest BCUT2D eigenvalue weighted by Crippen LogP contribution is -2.47. The zero-order valence-corrected chi connectivity index (χ0v) is 30.4. The molecule has 1 aliphatic heterocycles. The van der Waals surface area contributed by atoms with Crippen molar-refractivity contribution >= 4 is 46.7 Å². The van der Waals surface area contributed by atoms with Crippen molar-refractivity contribution in [2.45, 2.75) is 71.6 Å². The first-order valence-electron chi connectivity index (χ1n) is 17.0. The van der Waals surface area contributed by atoms with E-state index < -0.39 is 57.6 Å². The number of nitrogens with zero attached hydrogens (tertiary/aromatic N) is 3. The summed E-state index contributed by atoms with van der Waals surface area (Å²) in [7, 11) is 0. The van der Waals surface area contributed by atoms with Gasteiger partial charge in [0.05, 0.1) is 9.85 Å². The Bertz CT molecular complexity index is 2030. The first-order chi connectivity index (χ1) is 25.8. The monoisotopic (exact) mass is 759 g/mol. The van der Waals surface area contributed by atoms with Gasteiger partial charge in [-0.2, -0.15) is 0 Å². The van der Waals surface area contributed by atoms with E-state index in [1.54, 1.807) is 30.3 Å². The number of hydrogen-bond donors (Lipinski definition) is 6. The fraction of sp³-hybridized carbons (Fsp3) is 0.324. The van der Waals surface area contributed by atoms with Gasteiger partial charge in [0.2, 0.25) is 17.7 Å². The van der Waals surface area contributed by atoms with E-state index in [2.05, 4.69) is 21.3 Å². The summed E-state index contributed by atoms with van der Waals surface area (Å²) in [6.45, 7) is 6.73. The minimum Gasteiger partial charge on any atom is -0.480 e. The van der Waals surface area contributed by atoms with Gasteiger partial charge in [-0.3, -0.25) is 34.6 Å². The highest BCUT2D eigenvalue weighted by Crippen LogP contribution is 2.36. The average Bonchev–Trinajstić information content (AvgIpc) is 3.47. The Morgan fingerprint density at radius 3 is 1.91 bits per heavy atom. The molecule has 3 aromatic rings. The number of amides is 3. The summed E-state index contributed by atoms with van der Waals surface area (Å²) in [5.41, 5.74) is 1.86. The minimum atomic E-state index is -1.49. The van der Waals surface area contributed by atoms with Crippen molar-refractivity contribution in [2.75, 3.05) is 10.6 Å². The standard InChI is InChI=1S/C37H41N7O11/c1-21(45)42-19-24-15-26(39-31(20-43(52)53)38-25-9-12-27(13-10-25)44(54)55)11-14-28(24)33(42)34(47)41-30(36(50)51)17-23-8-6-5-7-22(23)16-29(35(48)49)40-32(46)18-37(2,3)4/h5-15,20,29-30,33,38-39H,16-19H2,1-4H3,(H,40,46)(H,41,47)(H,48,49)(H,50,51)/b31-20-. The van der Waals surface area contributed by atoms with E-state index >= 15 is 0 Å². The molecule has 0 spiro atoms. The van der Waals surface area contributed by atoms with Gasteiger partial charge in [0.25, 0.3) is 11.9 Å². The number of anilines is 2. The van der Waals surface area contributed by atoms with Gasteiger partial charge >= 0.3 is 11.9 Å². The van der Waals surface area contributed by atoms with Gasteiger partial charge in [0.15, 0.2) is 5.82 Å². The molecule has 3 atom stereocenters. The van der Waals surface area contributed by atoms with Crippen LogP contribution in [0.3, 0.4) is 0 Å². The number of nitro benzene ring substituents is 1. The first-order valence-corrected chi connectivity index (χ1v) is 17.0. The molecule has 0 saturated heterocycles. The summed E-state index contributed by atoms with van der Waals surface area (Å²) in [5.74, 6) is -4.46. The third-order valence-electron chi connectivity index (χ3n) is 8.52. The molecule has 3 aromatic carbocycles. The summed E-state index contributed by atoms with van der Waals surface area (Å²) in [6, 6.07) is 12.3. The number of carbonyl (C=O) groups excluding carboxylic acids is 3. The van der Waals surface area contributed by atoms with E-state index in [0.717, 1.165) is 0 Å². The smallest absolute Gasteiger partial charge is 0.326 e. The highest BCUT2D eigenvalue weighted by Gasteiger charge is 2.39. The predicted molar refractivity (Wildman–Crippen MR) is 198 cm³/mol. The fourth-order valence-corrected chi connectivity index (χ4v) is 6.06. The lowest BCUT2D eigenvalue weighted by atomic mass is 9.91. The van der Waals surface area contributed by atoms with E-state index in [1.807, 2.05) is 20.8 Å². The number of hydrogen-bond acceptors (Lipinski definition) is 11. The molecule has 6 N–H and O–H groups in total. The second-order valence-electron chi connectivity index (χ2n) is 14.1. The number of carbonyl (C=O) groups is 5. The van der Waals surface area contributed by atoms with Crippen LogP contribution in [0.2, 0.25) is 0 Å². The van der Waals surface area contributed by atoms with Crippen LogP contribution in [0.15, 0.2) is 78.8 Å². The molecule has 1 heterocycles. The molecule has 55 heavy (non-hydrogen) atoms. The van der Waals surface area contributed by atoms with Crippen LogP contribution in [0.1, 0.15) is 62.4 Å². The minimum absolute atomic E-state index is 0.0412. The van der Waals surface area contributed by atoms with E-state index in [0.29, 0.717) is 39.8 Å². The van der Waals surface area contributed by atoms with Crippen LogP contribution in [0.4, 0.5) is 17.1 Å². The second kappa shape index (κ2) is 17.3. The SMILES string of the molecule is CC(=O)N1Cc2cc(N/C(=C\[N+](=O)[O-])Nc3ccc([N+](=O)[O-])cc3)ccc2C1C(=O)NC(Cc1ccccc1CC(NC(=O)CC(C)(C)C)C(=O)O)C(=O)O. The van der Waals surface area contributed by atoms with Crippen molar-refractivity contribution in [3.8, 4) is 0 Å². The average molecular weight is 760 g/mol. The first kappa shape index (κ1) is 40.9. The second-order valence-corrected chi connectivity index (χ2v) is 14.1. The van der Waals surface area contributed by atoms with E-state index in [-0.39, 0.29) is 42.7 Å². The Hall–Kier alpha value is -6.85. The molecule has 4 rings (SSSR count). The molecule has 18 nitrogen and oxygen atoms in total. The maximum atomic E-state index is 13.8. The lowest BCUT2D eigenvalue weighted by molar-refractivity contribution is -0.403. The van der Waals surface area contributed by atoms with Crippen molar-refractivity contribution in [3.63, 3.8) is 0 Å².